The monoisotopic (exact) mass is 808 g/mol. The van der Waals surface area contributed by atoms with Crippen LogP contribution in [0, 0.1) is 0 Å². The largest absolute Gasteiger partial charge is 0.333 e. The number of nitrogens with zero attached hydrogens (tertiary/aromatic N) is 2. The highest BCUT2D eigenvalue weighted by molar-refractivity contribution is 7.99. The van der Waals surface area contributed by atoms with E-state index in [1.165, 1.54) is 102 Å². The van der Waals surface area contributed by atoms with Crippen molar-refractivity contribution in [2.75, 3.05) is 4.90 Å². The highest BCUT2D eigenvalue weighted by atomic mass is 32.2. The van der Waals surface area contributed by atoms with Gasteiger partial charge in [-0.15, -0.1) is 34.4 Å². The Morgan fingerprint density at radius 1 is 0.542 bits per heavy atom. The molecule has 0 bridgehead atoms. The Labute approximate surface area is 354 Å². The van der Waals surface area contributed by atoms with Crippen molar-refractivity contribution in [3.63, 3.8) is 0 Å². The van der Waals surface area contributed by atoms with Crippen LogP contribution in [0.2, 0.25) is 0 Å². The molecule has 59 heavy (non-hydrogen) atoms. The van der Waals surface area contributed by atoms with Gasteiger partial charge in [0.05, 0.1) is 17.1 Å². The van der Waals surface area contributed by atoms with E-state index in [-0.39, 0.29) is 6.04 Å². The lowest BCUT2D eigenvalue weighted by atomic mass is 9.91. The minimum atomic E-state index is 0.277. The average Bonchev–Trinajstić information content (AvgIpc) is 4.00. The number of benzene rings is 7. The summed E-state index contributed by atoms with van der Waals surface area (Å²) in [4.78, 5) is 3.93. The minimum Gasteiger partial charge on any atom is -0.333 e. The number of fused-ring (bicyclic) bond motifs is 12. The SMILES string of the molecule is C1=CC2c3ccccc3N(c3ccc4sc5ccc(-c6cccc7c8ccccc8n(-c8ccc9sc%10c(c9c8)CSC(c8ccccc8)C=C%10)c67)cc5c4c3)C2C=C1. The third-order valence-corrected chi connectivity index (χ3v) is 16.3. The van der Waals surface area contributed by atoms with Crippen molar-refractivity contribution in [3.8, 4) is 16.8 Å². The van der Waals surface area contributed by atoms with Crippen molar-refractivity contribution < 1.29 is 0 Å². The third kappa shape index (κ3) is 5.18. The van der Waals surface area contributed by atoms with Gasteiger partial charge in [-0.05, 0) is 94.4 Å². The molecule has 0 fully saturated rings. The fraction of sp³-hybridized carbons (Fsp3) is 0.0741. The first kappa shape index (κ1) is 33.8. The second-order valence-electron chi connectivity index (χ2n) is 15.9. The highest BCUT2D eigenvalue weighted by Crippen LogP contribution is 2.50. The van der Waals surface area contributed by atoms with Crippen LogP contribution in [0.1, 0.15) is 32.7 Å². The van der Waals surface area contributed by atoms with E-state index < -0.39 is 0 Å². The summed E-state index contributed by atoms with van der Waals surface area (Å²) in [5, 5.41) is 6.91. The van der Waals surface area contributed by atoms with Gasteiger partial charge in [0.1, 0.15) is 0 Å². The van der Waals surface area contributed by atoms with Crippen LogP contribution in [-0.4, -0.2) is 10.6 Å². The van der Waals surface area contributed by atoms with E-state index in [0.29, 0.717) is 11.2 Å². The number of aromatic nitrogens is 1. The number of hydrogen-bond acceptors (Lipinski definition) is 4. The molecule has 2 aliphatic heterocycles. The maximum atomic E-state index is 2.55. The lowest BCUT2D eigenvalue weighted by Crippen LogP contribution is -2.28. The molecule has 0 spiro atoms. The van der Waals surface area contributed by atoms with Gasteiger partial charge in [-0.3, -0.25) is 0 Å². The zero-order valence-corrected chi connectivity index (χ0v) is 34.4. The van der Waals surface area contributed by atoms with Gasteiger partial charge in [0, 0.05) is 80.1 Å². The van der Waals surface area contributed by atoms with Crippen molar-refractivity contribution in [1.82, 2.24) is 4.57 Å². The Bertz CT molecular complexity index is 3430. The molecule has 0 saturated carbocycles. The van der Waals surface area contributed by atoms with Gasteiger partial charge in [0.2, 0.25) is 0 Å². The summed E-state index contributed by atoms with van der Waals surface area (Å²) in [5.74, 6) is 1.35. The second kappa shape index (κ2) is 13.2. The molecule has 280 valence electrons. The zero-order valence-electron chi connectivity index (χ0n) is 32.0. The number of anilines is 2. The van der Waals surface area contributed by atoms with Crippen molar-refractivity contribution >= 4 is 104 Å². The van der Waals surface area contributed by atoms with E-state index in [1.54, 1.807) is 0 Å². The molecule has 2 nitrogen and oxygen atoms in total. The Morgan fingerprint density at radius 2 is 1.29 bits per heavy atom. The summed E-state index contributed by atoms with van der Waals surface area (Å²) in [7, 11) is 0. The van der Waals surface area contributed by atoms with Crippen molar-refractivity contribution in [2.24, 2.45) is 0 Å². The van der Waals surface area contributed by atoms with Crippen molar-refractivity contribution in [1.29, 1.82) is 0 Å². The number of hydrogen-bond donors (Lipinski definition) is 0. The van der Waals surface area contributed by atoms with Crippen molar-refractivity contribution in [2.45, 2.75) is 23.0 Å². The van der Waals surface area contributed by atoms with Gasteiger partial charge >= 0.3 is 0 Å². The van der Waals surface area contributed by atoms with E-state index in [4.69, 9.17) is 0 Å². The maximum absolute atomic E-state index is 2.55. The first-order chi connectivity index (χ1) is 29.2. The number of rotatable bonds is 4. The Morgan fingerprint density at radius 3 is 2.22 bits per heavy atom. The zero-order chi connectivity index (χ0) is 38.6. The van der Waals surface area contributed by atoms with Gasteiger partial charge in [-0.2, -0.15) is 0 Å². The van der Waals surface area contributed by atoms with Crippen LogP contribution >= 0.6 is 34.4 Å². The Hall–Kier alpha value is -6.11. The van der Waals surface area contributed by atoms with Crippen LogP contribution in [-0.2, 0) is 5.75 Å². The molecule has 10 aromatic rings. The molecule has 3 aromatic heterocycles. The minimum absolute atomic E-state index is 0.277. The van der Waals surface area contributed by atoms with Gasteiger partial charge in [0.15, 0.2) is 0 Å². The summed E-state index contributed by atoms with van der Waals surface area (Å²) in [6, 6.07) is 57.3. The van der Waals surface area contributed by atoms with Crippen LogP contribution in [0.3, 0.4) is 0 Å². The Balaban J connectivity index is 0.956. The summed E-state index contributed by atoms with van der Waals surface area (Å²) in [5.41, 5.74) is 13.0. The molecule has 5 heterocycles. The van der Waals surface area contributed by atoms with E-state index in [2.05, 4.69) is 198 Å². The normalized spacial score (nSPS) is 18.3. The summed E-state index contributed by atoms with van der Waals surface area (Å²) >= 11 is 5.84. The molecule has 3 unspecified atom stereocenters. The molecule has 0 N–H and O–H groups in total. The van der Waals surface area contributed by atoms with Crippen LogP contribution < -0.4 is 4.90 Å². The lowest BCUT2D eigenvalue weighted by Gasteiger charge is -2.28. The fourth-order valence-electron chi connectivity index (χ4n) is 10.0. The summed E-state index contributed by atoms with van der Waals surface area (Å²) in [6.07, 6.45) is 13.9. The number of thiophene rings is 2. The summed E-state index contributed by atoms with van der Waals surface area (Å²) < 4.78 is 6.51. The van der Waals surface area contributed by atoms with Crippen LogP contribution in [0.5, 0.6) is 0 Å². The number of thioether (sulfide) groups is 1. The van der Waals surface area contributed by atoms with Gasteiger partial charge in [0.25, 0.3) is 0 Å². The Kier molecular flexibility index (Phi) is 7.57. The van der Waals surface area contributed by atoms with E-state index in [9.17, 15) is 0 Å². The van der Waals surface area contributed by atoms with Crippen molar-refractivity contribution in [3.05, 3.63) is 204 Å². The first-order valence-electron chi connectivity index (χ1n) is 20.4. The smallest absolute Gasteiger partial charge is 0.0629 e. The molecular formula is C54H36N2S3. The molecular weight excluding hydrogens is 773 g/mol. The summed E-state index contributed by atoms with van der Waals surface area (Å²) in [6.45, 7) is 0. The third-order valence-electron chi connectivity index (χ3n) is 12.7. The first-order valence-corrected chi connectivity index (χ1v) is 23.1. The quantitative estimate of drug-likeness (QED) is 0.175. The number of para-hydroxylation sites is 3. The second-order valence-corrected chi connectivity index (χ2v) is 19.2. The molecule has 3 aliphatic rings. The van der Waals surface area contributed by atoms with E-state index in [1.807, 2.05) is 34.4 Å². The predicted octanol–water partition coefficient (Wildman–Crippen LogP) is 15.8. The molecule has 7 aromatic carbocycles. The molecule has 0 amide bonds. The molecule has 3 atom stereocenters. The molecule has 13 rings (SSSR count). The molecule has 0 saturated heterocycles. The van der Waals surface area contributed by atoms with E-state index in [0.717, 1.165) is 5.75 Å². The van der Waals surface area contributed by atoms with Crippen LogP contribution in [0.15, 0.2) is 182 Å². The number of allylic oxidation sites excluding steroid dienone is 2. The maximum Gasteiger partial charge on any atom is 0.0629 e. The standard InChI is InChI=1S/C54H36N2S3/c1-2-11-33(12-3-1)49-27-28-53-45(32-57-49)44-31-36(23-26-52(44)59-53)56-48-20-9-6-15-40(48)41-17-10-16-37(54(41)56)34-21-24-50-42(29-34)43-30-35(22-25-51(43)58-50)55-46-18-7-4-13-38(46)39-14-5-8-19-47(39)55/h1-31,38,46,49H,32H2. The van der Waals surface area contributed by atoms with Gasteiger partial charge in [-0.1, -0.05) is 121 Å². The van der Waals surface area contributed by atoms with Crippen LogP contribution in [0.25, 0.3) is 75.0 Å². The lowest BCUT2D eigenvalue weighted by molar-refractivity contribution is 0.745. The predicted molar refractivity (Wildman–Crippen MR) is 257 cm³/mol. The fourth-order valence-corrected chi connectivity index (χ4v) is 13.5. The molecule has 1 aliphatic carbocycles. The van der Waals surface area contributed by atoms with Gasteiger partial charge < -0.3 is 9.47 Å². The molecule has 0 radical (unpaired) electrons. The average molecular weight is 809 g/mol. The topological polar surface area (TPSA) is 8.17 Å². The highest BCUT2D eigenvalue weighted by Gasteiger charge is 2.37. The van der Waals surface area contributed by atoms with Gasteiger partial charge in [-0.25, -0.2) is 0 Å². The van der Waals surface area contributed by atoms with E-state index >= 15 is 0 Å². The molecule has 5 heteroatoms. The van der Waals surface area contributed by atoms with Crippen LogP contribution in [0.4, 0.5) is 11.4 Å².